The van der Waals surface area contributed by atoms with Crippen molar-refractivity contribution in [3.63, 3.8) is 0 Å². The van der Waals surface area contributed by atoms with Crippen LogP contribution in [0.25, 0.3) is 0 Å². The highest BCUT2D eigenvalue weighted by atomic mass is 16.3. The van der Waals surface area contributed by atoms with Gasteiger partial charge in [0.2, 0.25) is 0 Å². The number of rotatable bonds is 4. The minimum Gasteiger partial charge on any atom is -0.396 e. The number of aliphatic hydroxyl groups is 2. The molecule has 0 aromatic carbocycles. The molecular formula is C10H18O2. The van der Waals surface area contributed by atoms with E-state index in [0.29, 0.717) is 0 Å². The Bertz CT molecular complexity index is 139. The fraction of sp³-hybridized carbons (Fsp3) is 0.800. The summed E-state index contributed by atoms with van der Waals surface area (Å²) in [5.74, 6) is 6.49. The van der Waals surface area contributed by atoms with Crippen molar-refractivity contribution >= 4 is 0 Å². The lowest BCUT2D eigenvalue weighted by atomic mass is 10.1. The largest absolute Gasteiger partial charge is 0.396 e. The molecule has 0 aromatic heterocycles. The Morgan fingerprint density at radius 3 is 1.50 bits per heavy atom. The zero-order valence-electron chi connectivity index (χ0n) is 7.88. The van der Waals surface area contributed by atoms with E-state index in [4.69, 9.17) is 10.2 Å². The van der Waals surface area contributed by atoms with Gasteiger partial charge in [-0.15, -0.1) is 11.8 Å². The second-order valence-corrected chi connectivity index (χ2v) is 3.34. The van der Waals surface area contributed by atoms with E-state index < -0.39 is 0 Å². The average Bonchev–Trinajstić information content (AvgIpc) is 2.11. The van der Waals surface area contributed by atoms with Gasteiger partial charge in [-0.25, -0.2) is 0 Å². The van der Waals surface area contributed by atoms with Crippen LogP contribution in [0.2, 0.25) is 0 Å². The predicted molar refractivity (Wildman–Crippen MR) is 49.5 cm³/mol. The van der Waals surface area contributed by atoms with Gasteiger partial charge in [0, 0.05) is 26.1 Å². The average molecular weight is 170 g/mol. The molecule has 0 spiro atoms. The second kappa shape index (κ2) is 7.15. The van der Waals surface area contributed by atoms with Crippen LogP contribution >= 0.6 is 0 Å². The van der Waals surface area contributed by atoms with Gasteiger partial charge in [-0.1, -0.05) is 13.8 Å². The van der Waals surface area contributed by atoms with Gasteiger partial charge in [0.1, 0.15) is 0 Å². The summed E-state index contributed by atoms with van der Waals surface area (Å²) >= 11 is 0. The predicted octanol–water partition coefficient (Wildman–Crippen LogP) is 1.03. The van der Waals surface area contributed by atoms with Crippen LogP contribution in [0.3, 0.4) is 0 Å². The molecule has 0 aliphatic rings. The van der Waals surface area contributed by atoms with Crippen LogP contribution in [0.15, 0.2) is 0 Å². The van der Waals surface area contributed by atoms with E-state index in [1.807, 2.05) is 13.8 Å². The number of aliphatic hydroxyl groups excluding tert-OH is 2. The highest BCUT2D eigenvalue weighted by Gasteiger charge is 1.96. The first kappa shape index (κ1) is 11.5. The van der Waals surface area contributed by atoms with E-state index >= 15 is 0 Å². The maximum atomic E-state index is 8.68. The third-order valence-electron chi connectivity index (χ3n) is 1.65. The molecule has 2 nitrogen and oxygen atoms in total. The second-order valence-electron chi connectivity index (χ2n) is 3.34. The van der Waals surface area contributed by atoms with Gasteiger partial charge in [-0.3, -0.25) is 0 Å². The molecule has 0 aromatic rings. The molecular weight excluding hydrogens is 152 g/mol. The van der Waals surface area contributed by atoms with Crippen molar-refractivity contribution in [1.82, 2.24) is 0 Å². The number of hydrogen-bond acceptors (Lipinski definition) is 2. The van der Waals surface area contributed by atoms with Gasteiger partial charge in [0.15, 0.2) is 0 Å². The summed E-state index contributed by atoms with van der Waals surface area (Å²) < 4.78 is 0. The molecule has 0 radical (unpaired) electrons. The molecule has 0 fully saturated rings. The SMILES string of the molecule is C[C@H](CO)CC#CC[C@H](C)CO. The van der Waals surface area contributed by atoms with E-state index in [-0.39, 0.29) is 25.0 Å². The Balaban J connectivity index is 3.46. The van der Waals surface area contributed by atoms with Gasteiger partial charge < -0.3 is 10.2 Å². The fourth-order valence-electron chi connectivity index (χ4n) is 0.622. The summed E-state index contributed by atoms with van der Waals surface area (Å²) in [4.78, 5) is 0. The van der Waals surface area contributed by atoms with Crippen molar-refractivity contribution in [2.24, 2.45) is 11.8 Å². The quantitative estimate of drug-likeness (QED) is 0.619. The lowest BCUT2D eigenvalue weighted by Gasteiger charge is -2.01. The van der Waals surface area contributed by atoms with Crippen LogP contribution < -0.4 is 0 Å². The normalized spacial score (nSPS) is 14.7. The zero-order valence-corrected chi connectivity index (χ0v) is 7.88. The molecule has 0 saturated carbocycles. The summed E-state index contributed by atoms with van der Waals surface area (Å²) in [5.41, 5.74) is 0. The van der Waals surface area contributed by atoms with Gasteiger partial charge >= 0.3 is 0 Å². The molecule has 0 rings (SSSR count). The monoisotopic (exact) mass is 170 g/mol. The third-order valence-corrected chi connectivity index (χ3v) is 1.65. The smallest absolute Gasteiger partial charge is 0.0465 e. The van der Waals surface area contributed by atoms with Crippen molar-refractivity contribution in [2.45, 2.75) is 26.7 Å². The Hall–Kier alpha value is -0.520. The molecule has 2 N–H and O–H groups in total. The topological polar surface area (TPSA) is 40.5 Å². The van der Waals surface area contributed by atoms with Crippen molar-refractivity contribution in [3.8, 4) is 11.8 Å². The molecule has 0 heterocycles. The first-order chi connectivity index (χ1) is 5.70. The Labute approximate surface area is 74.6 Å². The molecule has 0 saturated heterocycles. The fourth-order valence-corrected chi connectivity index (χ4v) is 0.622. The Morgan fingerprint density at radius 1 is 0.917 bits per heavy atom. The van der Waals surface area contributed by atoms with Gasteiger partial charge in [-0.05, 0) is 11.8 Å². The van der Waals surface area contributed by atoms with Gasteiger partial charge in [0.05, 0.1) is 0 Å². The minimum atomic E-state index is 0.199. The molecule has 0 amide bonds. The van der Waals surface area contributed by atoms with E-state index in [9.17, 15) is 0 Å². The molecule has 0 unspecified atom stereocenters. The molecule has 2 atom stereocenters. The molecule has 12 heavy (non-hydrogen) atoms. The minimum absolute atomic E-state index is 0.199. The first-order valence-corrected chi connectivity index (χ1v) is 4.38. The summed E-state index contributed by atoms with van der Waals surface area (Å²) in [6.45, 7) is 4.32. The maximum Gasteiger partial charge on any atom is 0.0465 e. The standard InChI is InChI=1S/C10H18O2/c1-9(7-11)5-3-4-6-10(2)8-12/h9-12H,5-8H2,1-2H3/t9-,10-/m0/s1. The van der Waals surface area contributed by atoms with Crippen molar-refractivity contribution in [2.75, 3.05) is 13.2 Å². The van der Waals surface area contributed by atoms with Gasteiger partial charge in [-0.2, -0.15) is 0 Å². The van der Waals surface area contributed by atoms with E-state index in [0.717, 1.165) is 12.8 Å². The van der Waals surface area contributed by atoms with Crippen LogP contribution in [0.1, 0.15) is 26.7 Å². The number of hydrogen-bond donors (Lipinski definition) is 2. The zero-order chi connectivity index (χ0) is 9.40. The highest BCUT2D eigenvalue weighted by molar-refractivity contribution is 5.00. The maximum absolute atomic E-state index is 8.68. The van der Waals surface area contributed by atoms with Crippen LogP contribution in [-0.4, -0.2) is 23.4 Å². The van der Waals surface area contributed by atoms with Crippen LogP contribution in [0.5, 0.6) is 0 Å². The van der Waals surface area contributed by atoms with Crippen LogP contribution in [0, 0.1) is 23.7 Å². The summed E-state index contributed by atoms with van der Waals surface area (Å²) in [6.07, 6.45) is 1.49. The summed E-state index contributed by atoms with van der Waals surface area (Å²) in [6, 6.07) is 0. The third kappa shape index (κ3) is 6.21. The lowest BCUT2D eigenvalue weighted by Crippen LogP contribution is -1.99. The van der Waals surface area contributed by atoms with E-state index in [1.165, 1.54) is 0 Å². The molecule has 0 aliphatic carbocycles. The first-order valence-electron chi connectivity index (χ1n) is 4.38. The molecule has 2 heteroatoms. The highest BCUT2D eigenvalue weighted by Crippen LogP contribution is 2.00. The molecule has 70 valence electrons. The van der Waals surface area contributed by atoms with Crippen molar-refractivity contribution in [1.29, 1.82) is 0 Å². The molecule has 0 aliphatic heterocycles. The van der Waals surface area contributed by atoms with E-state index in [1.54, 1.807) is 0 Å². The van der Waals surface area contributed by atoms with Crippen molar-refractivity contribution < 1.29 is 10.2 Å². The van der Waals surface area contributed by atoms with Gasteiger partial charge in [0.25, 0.3) is 0 Å². The lowest BCUT2D eigenvalue weighted by molar-refractivity contribution is 0.238. The summed E-state index contributed by atoms with van der Waals surface area (Å²) in [7, 11) is 0. The molecule has 0 bridgehead atoms. The van der Waals surface area contributed by atoms with Crippen LogP contribution in [0.4, 0.5) is 0 Å². The Morgan fingerprint density at radius 2 is 1.25 bits per heavy atom. The van der Waals surface area contributed by atoms with Crippen LogP contribution in [-0.2, 0) is 0 Å². The van der Waals surface area contributed by atoms with E-state index in [2.05, 4.69) is 11.8 Å². The Kier molecular flexibility index (Phi) is 6.84. The summed E-state index contributed by atoms with van der Waals surface area (Å²) in [5, 5.41) is 17.4. The van der Waals surface area contributed by atoms with Crippen molar-refractivity contribution in [3.05, 3.63) is 0 Å².